The minimum absolute atomic E-state index is 0.0489. The lowest BCUT2D eigenvalue weighted by Gasteiger charge is -2.14. The maximum Gasteiger partial charge on any atom is 0.220 e. The second-order valence-electron chi connectivity index (χ2n) is 6.93. The largest absolute Gasteiger partial charge is 0.497 e. The number of nitrogens with one attached hydrogen (secondary N) is 1. The molecule has 0 aliphatic rings. The van der Waals surface area contributed by atoms with E-state index in [1.54, 1.807) is 7.11 Å². The first kappa shape index (κ1) is 20.0. The van der Waals surface area contributed by atoms with Crippen LogP contribution in [0.25, 0.3) is 0 Å². The molecule has 26 heavy (non-hydrogen) atoms. The van der Waals surface area contributed by atoms with Crippen molar-refractivity contribution in [2.75, 3.05) is 13.7 Å². The van der Waals surface area contributed by atoms with E-state index in [0.29, 0.717) is 18.9 Å². The molecule has 0 aliphatic carbocycles. The van der Waals surface area contributed by atoms with E-state index in [9.17, 15) is 4.79 Å². The summed E-state index contributed by atoms with van der Waals surface area (Å²) in [5, 5.41) is 2.94. The molecule has 0 heterocycles. The first-order valence-corrected chi connectivity index (χ1v) is 9.24. The van der Waals surface area contributed by atoms with E-state index >= 15 is 0 Å². The van der Waals surface area contributed by atoms with Crippen molar-refractivity contribution < 1.29 is 9.53 Å². The highest BCUT2D eigenvalue weighted by atomic mass is 16.5. The number of nitrogens with two attached hydrogens (primary N) is 1. The maximum absolute atomic E-state index is 12.0. The van der Waals surface area contributed by atoms with Crippen molar-refractivity contribution in [2.45, 2.75) is 45.1 Å². The van der Waals surface area contributed by atoms with Crippen LogP contribution in [-0.2, 0) is 11.2 Å². The van der Waals surface area contributed by atoms with Crippen LogP contribution in [0, 0.1) is 0 Å². The minimum atomic E-state index is -0.179. The molecule has 0 fully saturated rings. The molecule has 3 N–H and O–H groups in total. The Bertz CT molecular complexity index is 678. The lowest BCUT2D eigenvalue weighted by Crippen LogP contribution is -2.31. The number of amides is 1. The first-order chi connectivity index (χ1) is 12.5. The van der Waals surface area contributed by atoms with Gasteiger partial charge in [0.05, 0.1) is 7.11 Å². The van der Waals surface area contributed by atoms with E-state index in [4.69, 9.17) is 10.5 Å². The van der Waals surface area contributed by atoms with E-state index in [0.717, 1.165) is 24.2 Å². The molecular formula is C22H30N2O2. The predicted octanol–water partition coefficient (Wildman–Crippen LogP) is 3.96. The number of rotatable bonds is 9. The van der Waals surface area contributed by atoms with Gasteiger partial charge in [-0.25, -0.2) is 0 Å². The molecule has 2 aromatic carbocycles. The Morgan fingerprint density at radius 2 is 1.65 bits per heavy atom. The van der Waals surface area contributed by atoms with Crippen molar-refractivity contribution in [1.82, 2.24) is 5.32 Å². The van der Waals surface area contributed by atoms with Gasteiger partial charge in [0, 0.05) is 19.0 Å². The third kappa shape index (κ3) is 6.19. The molecule has 140 valence electrons. The molecule has 2 rings (SSSR count). The number of hydrogen-bond acceptors (Lipinski definition) is 3. The Balaban J connectivity index is 1.70. The lowest BCUT2D eigenvalue weighted by atomic mass is 9.99. The molecule has 1 amide bonds. The van der Waals surface area contributed by atoms with Crippen LogP contribution in [0.3, 0.4) is 0 Å². The van der Waals surface area contributed by atoms with Gasteiger partial charge in [-0.05, 0) is 47.6 Å². The van der Waals surface area contributed by atoms with E-state index < -0.39 is 0 Å². The van der Waals surface area contributed by atoms with E-state index in [1.807, 2.05) is 24.3 Å². The summed E-state index contributed by atoms with van der Waals surface area (Å²) in [5.74, 6) is 1.40. The summed E-state index contributed by atoms with van der Waals surface area (Å²) in [6, 6.07) is 16.1. The van der Waals surface area contributed by atoms with Crippen molar-refractivity contribution in [1.29, 1.82) is 0 Å². The molecule has 2 aromatic rings. The standard InChI is InChI=1S/C22H30N2O2/c1-16(2)18-9-11-19(12-10-18)21(23)15-24-22(25)6-4-5-17-7-13-20(26-3)14-8-17/h7-14,16,21H,4-6,15,23H2,1-3H3,(H,24,25). The smallest absolute Gasteiger partial charge is 0.220 e. The molecule has 4 heteroatoms. The quantitative estimate of drug-likeness (QED) is 0.716. The molecule has 1 unspecified atom stereocenters. The minimum Gasteiger partial charge on any atom is -0.497 e. The van der Waals surface area contributed by atoms with E-state index in [1.165, 1.54) is 11.1 Å². The molecule has 0 radical (unpaired) electrons. The highest BCUT2D eigenvalue weighted by molar-refractivity contribution is 5.75. The molecule has 0 bridgehead atoms. The van der Waals surface area contributed by atoms with Gasteiger partial charge in [-0.1, -0.05) is 50.2 Å². The Labute approximate surface area is 156 Å². The Morgan fingerprint density at radius 3 is 2.23 bits per heavy atom. The van der Waals surface area contributed by atoms with Crippen LogP contribution in [0.1, 0.15) is 55.3 Å². The summed E-state index contributed by atoms with van der Waals surface area (Å²) < 4.78 is 5.14. The second kappa shape index (κ2) is 9.97. The fraction of sp³-hybridized carbons (Fsp3) is 0.409. The van der Waals surface area contributed by atoms with Crippen molar-refractivity contribution in [3.8, 4) is 5.75 Å². The molecule has 4 nitrogen and oxygen atoms in total. The third-order valence-corrected chi connectivity index (χ3v) is 4.58. The monoisotopic (exact) mass is 354 g/mol. The normalized spacial score (nSPS) is 12.0. The van der Waals surface area contributed by atoms with Crippen LogP contribution >= 0.6 is 0 Å². The summed E-state index contributed by atoms with van der Waals surface area (Å²) in [6.45, 7) is 4.80. The molecule has 1 atom stereocenters. The van der Waals surface area contributed by atoms with Gasteiger partial charge in [0.2, 0.25) is 5.91 Å². The fourth-order valence-corrected chi connectivity index (χ4v) is 2.80. The maximum atomic E-state index is 12.0. The summed E-state index contributed by atoms with van der Waals surface area (Å²) in [5.41, 5.74) is 9.74. The zero-order chi connectivity index (χ0) is 18.9. The Kier molecular flexibility index (Phi) is 7.67. The van der Waals surface area contributed by atoms with Gasteiger partial charge in [-0.2, -0.15) is 0 Å². The van der Waals surface area contributed by atoms with Gasteiger partial charge >= 0.3 is 0 Å². The summed E-state index contributed by atoms with van der Waals surface area (Å²) in [7, 11) is 1.66. The number of carbonyl (C=O) groups excluding carboxylic acids is 1. The average Bonchev–Trinajstić information content (AvgIpc) is 2.66. The average molecular weight is 354 g/mol. The summed E-state index contributed by atoms with van der Waals surface area (Å²) in [4.78, 5) is 12.0. The molecule has 0 aliphatic heterocycles. The first-order valence-electron chi connectivity index (χ1n) is 9.24. The van der Waals surface area contributed by atoms with Gasteiger partial charge in [0.25, 0.3) is 0 Å². The summed E-state index contributed by atoms with van der Waals surface area (Å²) >= 11 is 0. The van der Waals surface area contributed by atoms with Gasteiger partial charge in [0.15, 0.2) is 0 Å². The van der Waals surface area contributed by atoms with Crippen molar-refractivity contribution in [2.24, 2.45) is 5.73 Å². The Morgan fingerprint density at radius 1 is 1.04 bits per heavy atom. The van der Waals surface area contributed by atoms with Gasteiger partial charge in [0.1, 0.15) is 5.75 Å². The van der Waals surface area contributed by atoms with Crippen molar-refractivity contribution in [3.05, 3.63) is 65.2 Å². The molecule has 0 saturated heterocycles. The highest BCUT2D eigenvalue weighted by Gasteiger charge is 2.09. The van der Waals surface area contributed by atoms with Crippen LogP contribution in [0.2, 0.25) is 0 Å². The predicted molar refractivity (Wildman–Crippen MR) is 106 cm³/mol. The number of hydrogen-bond donors (Lipinski definition) is 2. The third-order valence-electron chi connectivity index (χ3n) is 4.58. The second-order valence-corrected chi connectivity index (χ2v) is 6.93. The molecule has 0 aromatic heterocycles. The highest BCUT2D eigenvalue weighted by Crippen LogP contribution is 2.17. The number of carbonyl (C=O) groups is 1. The van der Waals surface area contributed by atoms with Crippen LogP contribution in [-0.4, -0.2) is 19.6 Å². The van der Waals surface area contributed by atoms with E-state index in [-0.39, 0.29) is 11.9 Å². The number of aryl methyl sites for hydroxylation is 1. The van der Waals surface area contributed by atoms with Gasteiger partial charge in [-0.15, -0.1) is 0 Å². The molecule has 0 spiro atoms. The van der Waals surface area contributed by atoms with Gasteiger partial charge < -0.3 is 15.8 Å². The number of methoxy groups -OCH3 is 1. The van der Waals surface area contributed by atoms with E-state index in [2.05, 4.69) is 43.4 Å². The summed E-state index contributed by atoms with van der Waals surface area (Å²) in [6.07, 6.45) is 2.20. The van der Waals surface area contributed by atoms with Crippen LogP contribution in [0.4, 0.5) is 0 Å². The van der Waals surface area contributed by atoms with Crippen LogP contribution in [0.5, 0.6) is 5.75 Å². The Hall–Kier alpha value is -2.33. The lowest BCUT2D eigenvalue weighted by molar-refractivity contribution is -0.121. The van der Waals surface area contributed by atoms with Gasteiger partial charge in [-0.3, -0.25) is 4.79 Å². The van der Waals surface area contributed by atoms with Crippen molar-refractivity contribution >= 4 is 5.91 Å². The number of ether oxygens (including phenoxy) is 1. The molecular weight excluding hydrogens is 324 g/mol. The fourth-order valence-electron chi connectivity index (χ4n) is 2.80. The van der Waals surface area contributed by atoms with Crippen LogP contribution < -0.4 is 15.8 Å². The molecule has 0 saturated carbocycles. The topological polar surface area (TPSA) is 64.3 Å². The SMILES string of the molecule is COc1ccc(CCCC(=O)NCC(N)c2ccc(C(C)C)cc2)cc1. The number of benzene rings is 2. The van der Waals surface area contributed by atoms with Crippen molar-refractivity contribution in [3.63, 3.8) is 0 Å². The van der Waals surface area contributed by atoms with Crippen LogP contribution in [0.15, 0.2) is 48.5 Å². The zero-order valence-corrected chi connectivity index (χ0v) is 16.0. The zero-order valence-electron chi connectivity index (χ0n) is 16.0.